The van der Waals surface area contributed by atoms with Gasteiger partial charge < -0.3 is 10.6 Å². The van der Waals surface area contributed by atoms with Crippen LogP contribution < -0.4 is 5.73 Å². The van der Waals surface area contributed by atoms with E-state index in [1.54, 1.807) is 0 Å². The molecule has 0 spiro atoms. The van der Waals surface area contributed by atoms with Gasteiger partial charge in [-0.1, -0.05) is 20.8 Å². The van der Waals surface area contributed by atoms with E-state index in [0.29, 0.717) is 18.4 Å². The lowest BCUT2D eigenvalue weighted by atomic mass is 9.96. The molecule has 1 rings (SSSR count). The smallest absolute Gasteiger partial charge is 0.225 e. The van der Waals surface area contributed by atoms with E-state index in [9.17, 15) is 4.79 Å². The molecule has 1 aliphatic rings. The topological polar surface area (TPSA) is 46.3 Å². The van der Waals surface area contributed by atoms with Crippen molar-refractivity contribution in [3.05, 3.63) is 0 Å². The van der Waals surface area contributed by atoms with Gasteiger partial charge in [-0.25, -0.2) is 0 Å². The number of nitrogens with zero attached hydrogens (tertiary/aromatic N) is 1. The Balaban J connectivity index is 2.57. The molecule has 0 heterocycles. The van der Waals surface area contributed by atoms with Crippen molar-refractivity contribution in [3.63, 3.8) is 0 Å². The Morgan fingerprint density at radius 2 is 1.93 bits per heavy atom. The summed E-state index contributed by atoms with van der Waals surface area (Å²) in [7, 11) is 1.90. The van der Waals surface area contributed by atoms with Gasteiger partial charge in [0.15, 0.2) is 0 Å². The summed E-state index contributed by atoms with van der Waals surface area (Å²) in [5.41, 5.74) is 5.73. The highest BCUT2D eigenvalue weighted by atomic mass is 16.2. The molecule has 0 aromatic rings. The van der Waals surface area contributed by atoms with Gasteiger partial charge in [0.25, 0.3) is 0 Å². The van der Waals surface area contributed by atoms with Crippen molar-refractivity contribution in [2.24, 2.45) is 23.5 Å². The van der Waals surface area contributed by atoms with E-state index in [1.807, 2.05) is 18.9 Å². The van der Waals surface area contributed by atoms with Crippen molar-refractivity contribution in [2.45, 2.75) is 39.7 Å². The van der Waals surface area contributed by atoms with Crippen LogP contribution in [0.3, 0.4) is 0 Å². The van der Waals surface area contributed by atoms with Crippen molar-refractivity contribution in [1.82, 2.24) is 4.90 Å². The molecule has 1 amide bonds. The SMILES string of the molecule is CC(C)C(C)C(=O)N(C)C(CN)C1CC1. The summed E-state index contributed by atoms with van der Waals surface area (Å²) in [5, 5.41) is 0. The maximum absolute atomic E-state index is 12.1. The maximum atomic E-state index is 12.1. The van der Waals surface area contributed by atoms with E-state index in [-0.39, 0.29) is 17.9 Å². The number of carbonyl (C=O) groups excluding carboxylic acids is 1. The Labute approximate surface area is 93.0 Å². The van der Waals surface area contributed by atoms with Gasteiger partial charge in [-0.3, -0.25) is 4.79 Å². The summed E-state index contributed by atoms with van der Waals surface area (Å²) in [4.78, 5) is 14.0. The third-order valence-corrected chi connectivity index (χ3v) is 3.64. The minimum absolute atomic E-state index is 0.0998. The van der Waals surface area contributed by atoms with Gasteiger partial charge in [0.05, 0.1) is 0 Å². The van der Waals surface area contributed by atoms with Gasteiger partial charge in [-0.2, -0.15) is 0 Å². The van der Waals surface area contributed by atoms with Crippen LogP contribution in [-0.4, -0.2) is 30.4 Å². The fraction of sp³-hybridized carbons (Fsp3) is 0.917. The van der Waals surface area contributed by atoms with E-state index in [1.165, 1.54) is 12.8 Å². The predicted octanol–water partition coefficient (Wildman–Crippen LogP) is 1.47. The molecule has 1 fully saturated rings. The molecule has 3 heteroatoms. The molecule has 3 nitrogen and oxygen atoms in total. The van der Waals surface area contributed by atoms with E-state index < -0.39 is 0 Å². The van der Waals surface area contributed by atoms with Crippen molar-refractivity contribution in [2.75, 3.05) is 13.6 Å². The highest BCUT2D eigenvalue weighted by molar-refractivity contribution is 5.78. The first kappa shape index (κ1) is 12.5. The molecule has 0 aliphatic heterocycles. The molecule has 0 aromatic heterocycles. The molecular formula is C12H24N2O. The first-order chi connectivity index (χ1) is 6.99. The number of rotatable bonds is 5. The third kappa shape index (κ3) is 2.94. The average molecular weight is 212 g/mol. The normalized spacial score (nSPS) is 20.1. The summed E-state index contributed by atoms with van der Waals surface area (Å²) >= 11 is 0. The fourth-order valence-electron chi connectivity index (χ4n) is 1.92. The summed E-state index contributed by atoms with van der Waals surface area (Å²) in [6.07, 6.45) is 2.46. The van der Waals surface area contributed by atoms with Crippen molar-refractivity contribution < 1.29 is 4.79 Å². The Hall–Kier alpha value is -0.570. The van der Waals surface area contributed by atoms with Crippen LogP contribution in [0.2, 0.25) is 0 Å². The third-order valence-electron chi connectivity index (χ3n) is 3.64. The Bertz CT molecular complexity index is 224. The van der Waals surface area contributed by atoms with Crippen LogP contribution in [0.4, 0.5) is 0 Å². The number of nitrogens with two attached hydrogens (primary N) is 1. The van der Waals surface area contributed by atoms with E-state index >= 15 is 0 Å². The average Bonchev–Trinajstić information content (AvgIpc) is 3.00. The van der Waals surface area contributed by atoms with Crippen LogP contribution in [0, 0.1) is 17.8 Å². The second-order valence-electron chi connectivity index (χ2n) is 5.12. The molecule has 1 saturated carbocycles. The summed E-state index contributed by atoms with van der Waals surface area (Å²) in [6.45, 7) is 6.78. The van der Waals surface area contributed by atoms with E-state index in [4.69, 9.17) is 5.73 Å². The zero-order valence-corrected chi connectivity index (χ0v) is 10.4. The second-order valence-corrected chi connectivity index (χ2v) is 5.12. The molecule has 0 bridgehead atoms. The van der Waals surface area contributed by atoms with Crippen LogP contribution in [-0.2, 0) is 4.79 Å². The zero-order valence-electron chi connectivity index (χ0n) is 10.4. The fourth-order valence-corrected chi connectivity index (χ4v) is 1.92. The molecule has 2 atom stereocenters. The Morgan fingerprint density at radius 1 is 1.40 bits per heavy atom. The van der Waals surface area contributed by atoms with Crippen molar-refractivity contribution in [3.8, 4) is 0 Å². The predicted molar refractivity (Wildman–Crippen MR) is 62.3 cm³/mol. The van der Waals surface area contributed by atoms with Crippen LogP contribution in [0.15, 0.2) is 0 Å². The lowest BCUT2D eigenvalue weighted by Gasteiger charge is -2.30. The number of hydrogen-bond acceptors (Lipinski definition) is 2. The van der Waals surface area contributed by atoms with Crippen LogP contribution in [0.5, 0.6) is 0 Å². The summed E-state index contributed by atoms with van der Waals surface area (Å²) in [6, 6.07) is 0.263. The monoisotopic (exact) mass is 212 g/mol. The molecule has 88 valence electrons. The molecule has 0 aromatic carbocycles. The maximum Gasteiger partial charge on any atom is 0.225 e. The minimum atomic E-state index is 0.0998. The van der Waals surface area contributed by atoms with E-state index in [2.05, 4.69) is 13.8 Å². The molecule has 15 heavy (non-hydrogen) atoms. The van der Waals surface area contributed by atoms with Crippen LogP contribution in [0.1, 0.15) is 33.6 Å². The number of hydrogen-bond donors (Lipinski definition) is 1. The number of carbonyl (C=O) groups is 1. The van der Waals surface area contributed by atoms with Crippen LogP contribution >= 0.6 is 0 Å². The zero-order chi connectivity index (χ0) is 11.6. The van der Waals surface area contributed by atoms with Gasteiger partial charge in [-0.05, 0) is 24.7 Å². The van der Waals surface area contributed by atoms with Gasteiger partial charge >= 0.3 is 0 Å². The molecule has 2 unspecified atom stereocenters. The van der Waals surface area contributed by atoms with E-state index in [0.717, 1.165) is 0 Å². The number of amides is 1. The quantitative estimate of drug-likeness (QED) is 0.750. The Morgan fingerprint density at radius 3 is 2.27 bits per heavy atom. The molecule has 1 aliphatic carbocycles. The molecule has 0 saturated heterocycles. The van der Waals surface area contributed by atoms with Gasteiger partial charge in [-0.15, -0.1) is 0 Å². The summed E-state index contributed by atoms with van der Waals surface area (Å²) < 4.78 is 0. The summed E-state index contributed by atoms with van der Waals surface area (Å²) in [5.74, 6) is 1.40. The number of likely N-dealkylation sites (N-methyl/N-ethyl adjacent to an activating group) is 1. The van der Waals surface area contributed by atoms with Crippen molar-refractivity contribution in [1.29, 1.82) is 0 Å². The first-order valence-corrected chi connectivity index (χ1v) is 5.95. The minimum Gasteiger partial charge on any atom is -0.341 e. The standard InChI is InChI=1S/C12H24N2O/c1-8(2)9(3)12(15)14(4)11(7-13)10-5-6-10/h8-11H,5-7,13H2,1-4H3. The highest BCUT2D eigenvalue weighted by Crippen LogP contribution is 2.35. The van der Waals surface area contributed by atoms with Crippen molar-refractivity contribution >= 4 is 5.91 Å². The lowest BCUT2D eigenvalue weighted by Crippen LogP contribution is -2.46. The lowest BCUT2D eigenvalue weighted by molar-refractivity contribution is -0.137. The second kappa shape index (κ2) is 4.97. The van der Waals surface area contributed by atoms with Crippen LogP contribution in [0.25, 0.3) is 0 Å². The molecular weight excluding hydrogens is 188 g/mol. The highest BCUT2D eigenvalue weighted by Gasteiger charge is 2.36. The Kier molecular flexibility index (Phi) is 4.14. The van der Waals surface area contributed by atoms with Gasteiger partial charge in [0, 0.05) is 25.6 Å². The van der Waals surface area contributed by atoms with Gasteiger partial charge in [0.2, 0.25) is 5.91 Å². The largest absolute Gasteiger partial charge is 0.341 e. The van der Waals surface area contributed by atoms with Gasteiger partial charge in [0.1, 0.15) is 0 Å². The first-order valence-electron chi connectivity index (χ1n) is 5.95. The molecule has 0 radical (unpaired) electrons. The molecule has 2 N–H and O–H groups in total.